The van der Waals surface area contributed by atoms with Crippen molar-refractivity contribution in [3.05, 3.63) is 42.5 Å². The van der Waals surface area contributed by atoms with Crippen LogP contribution in [0.4, 0.5) is 10.5 Å². The number of benzene rings is 2. The zero-order chi connectivity index (χ0) is 20.1. The smallest absolute Gasteiger partial charge is 0.316 e. The minimum absolute atomic E-state index is 0.180. The van der Waals surface area contributed by atoms with Gasteiger partial charge in [-0.2, -0.15) is 0 Å². The number of carbonyl (C=O) groups is 1. The summed E-state index contributed by atoms with van der Waals surface area (Å²) >= 11 is 0. The molecule has 4 atom stereocenters. The maximum Gasteiger partial charge on any atom is 0.321 e. The van der Waals surface area contributed by atoms with Gasteiger partial charge in [0.05, 0.1) is 6.17 Å². The molecular weight excluding hydrogens is 364 g/mol. The van der Waals surface area contributed by atoms with Gasteiger partial charge < -0.3 is 21.3 Å². The quantitative estimate of drug-likeness (QED) is 0.466. The maximum absolute atomic E-state index is 12.5. The van der Waals surface area contributed by atoms with E-state index in [0.717, 1.165) is 42.5 Å². The Morgan fingerprint density at radius 1 is 1.14 bits per heavy atom. The predicted octanol–water partition coefficient (Wildman–Crippen LogP) is 2.13. The lowest BCUT2D eigenvalue weighted by atomic mass is 9.99. The molecule has 29 heavy (non-hydrogen) atoms. The molecule has 7 nitrogen and oxygen atoms in total. The third kappa shape index (κ3) is 5.67. The molecule has 156 valence electrons. The zero-order valence-corrected chi connectivity index (χ0v) is 17.0. The minimum atomic E-state index is -0.277. The molecule has 2 amide bonds. The summed E-state index contributed by atoms with van der Waals surface area (Å²) in [5.41, 5.74) is 0.782. The van der Waals surface area contributed by atoms with Crippen LogP contribution in [0.1, 0.15) is 26.2 Å². The molecule has 0 saturated carbocycles. The Bertz CT molecular complexity index is 822. The number of hydrogen-bond acceptors (Lipinski definition) is 5. The number of rotatable bonds is 5. The number of anilines is 1. The van der Waals surface area contributed by atoms with Crippen molar-refractivity contribution < 1.29 is 4.79 Å². The van der Waals surface area contributed by atoms with Gasteiger partial charge in [-0.3, -0.25) is 10.6 Å². The van der Waals surface area contributed by atoms with Crippen LogP contribution in [0.15, 0.2) is 42.5 Å². The van der Waals surface area contributed by atoms with Gasteiger partial charge in [-0.15, -0.1) is 0 Å². The molecule has 2 saturated heterocycles. The van der Waals surface area contributed by atoms with E-state index in [0.29, 0.717) is 12.0 Å². The Morgan fingerprint density at radius 2 is 2.00 bits per heavy atom. The monoisotopic (exact) mass is 396 g/mol. The highest BCUT2D eigenvalue weighted by Gasteiger charge is 2.26. The highest BCUT2D eigenvalue weighted by atomic mass is 16.2. The van der Waals surface area contributed by atoms with E-state index in [9.17, 15) is 4.79 Å². The average molecular weight is 397 g/mol. The van der Waals surface area contributed by atoms with Crippen LogP contribution in [0.2, 0.25) is 0 Å². The number of carbonyl (C=O) groups excluding carboxylic acids is 1. The first kappa shape index (κ1) is 20.1. The molecule has 6 N–H and O–H groups in total. The second-order valence-electron chi connectivity index (χ2n) is 8.24. The van der Waals surface area contributed by atoms with Crippen molar-refractivity contribution in [3.63, 3.8) is 0 Å². The molecule has 2 heterocycles. The topological polar surface area (TPSA) is 89.2 Å². The predicted molar refractivity (Wildman–Crippen MR) is 118 cm³/mol. The van der Waals surface area contributed by atoms with Crippen LogP contribution in [0, 0.1) is 5.92 Å². The fourth-order valence-corrected chi connectivity index (χ4v) is 4.22. The molecule has 2 fully saturated rings. The molecular formula is C22H32N6O. The average Bonchev–Trinajstić information content (AvgIpc) is 2.72. The Labute approximate surface area is 172 Å². The van der Waals surface area contributed by atoms with Gasteiger partial charge in [0.25, 0.3) is 0 Å². The van der Waals surface area contributed by atoms with Crippen LogP contribution in [-0.2, 0) is 0 Å². The molecule has 0 aromatic heterocycles. The van der Waals surface area contributed by atoms with Gasteiger partial charge in [-0.25, -0.2) is 4.79 Å². The van der Waals surface area contributed by atoms with Crippen molar-refractivity contribution in [1.29, 1.82) is 0 Å². The van der Waals surface area contributed by atoms with Crippen LogP contribution in [0.5, 0.6) is 0 Å². The number of urea groups is 1. The molecule has 0 radical (unpaired) electrons. The highest BCUT2D eigenvalue weighted by Crippen LogP contribution is 2.18. The first-order valence-corrected chi connectivity index (χ1v) is 10.7. The molecule has 2 aromatic rings. The summed E-state index contributed by atoms with van der Waals surface area (Å²) in [6.45, 7) is 5.36. The summed E-state index contributed by atoms with van der Waals surface area (Å²) in [6, 6.07) is 14.1. The van der Waals surface area contributed by atoms with Gasteiger partial charge >= 0.3 is 6.03 Å². The van der Waals surface area contributed by atoms with Gasteiger partial charge in [0.1, 0.15) is 6.29 Å². The van der Waals surface area contributed by atoms with E-state index in [1.165, 1.54) is 12.8 Å². The van der Waals surface area contributed by atoms with Crippen LogP contribution in [0.25, 0.3) is 10.8 Å². The van der Waals surface area contributed by atoms with Gasteiger partial charge in [0.2, 0.25) is 0 Å². The van der Waals surface area contributed by atoms with E-state index >= 15 is 0 Å². The molecule has 7 heteroatoms. The number of piperidine rings is 1. The van der Waals surface area contributed by atoms with E-state index in [-0.39, 0.29) is 18.5 Å². The summed E-state index contributed by atoms with van der Waals surface area (Å²) in [4.78, 5) is 12.5. The lowest BCUT2D eigenvalue weighted by Gasteiger charge is -2.37. The van der Waals surface area contributed by atoms with E-state index in [1.54, 1.807) is 0 Å². The first-order chi connectivity index (χ1) is 14.2. The van der Waals surface area contributed by atoms with Crippen molar-refractivity contribution in [1.82, 2.24) is 26.6 Å². The number of hydrogen-bond donors (Lipinski definition) is 6. The lowest BCUT2D eigenvalue weighted by Crippen LogP contribution is -2.68. The zero-order valence-electron chi connectivity index (χ0n) is 17.0. The number of nitrogens with one attached hydrogen (secondary N) is 6. The first-order valence-electron chi connectivity index (χ1n) is 10.7. The van der Waals surface area contributed by atoms with Gasteiger partial charge in [0.15, 0.2) is 0 Å². The third-order valence-electron chi connectivity index (χ3n) is 5.74. The van der Waals surface area contributed by atoms with Crippen molar-refractivity contribution in [3.8, 4) is 0 Å². The SMILES string of the molecule is CC1CC(NCC2CCCNC2)NC(NC(=O)Nc2ccc3ccccc3c2)N1. The van der Waals surface area contributed by atoms with Gasteiger partial charge in [0, 0.05) is 18.3 Å². The summed E-state index contributed by atoms with van der Waals surface area (Å²) in [5, 5.41) is 22.1. The van der Waals surface area contributed by atoms with E-state index in [2.05, 4.69) is 44.9 Å². The molecule has 0 bridgehead atoms. The molecule has 0 spiro atoms. The Hall–Kier alpha value is -2.19. The Kier molecular flexibility index (Phi) is 6.61. The van der Waals surface area contributed by atoms with Crippen molar-refractivity contribution >= 4 is 22.5 Å². The minimum Gasteiger partial charge on any atom is -0.316 e. The Morgan fingerprint density at radius 3 is 2.83 bits per heavy atom. The fourth-order valence-electron chi connectivity index (χ4n) is 4.22. The molecule has 2 aromatic carbocycles. The third-order valence-corrected chi connectivity index (χ3v) is 5.74. The normalized spacial score (nSPS) is 27.5. The molecule has 0 aliphatic carbocycles. The summed E-state index contributed by atoms with van der Waals surface area (Å²) in [5.74, 6) is 0.679. The van der Waals surface area contributed by atoms with E-state index < -0.39 is 0 Å². The number of fused-ring (bicyclic) bond motifs is 1. The van der Waals surface area contributed by atoms with Crippen molar-refractivity contribution in [2.24, 2.45) is 5.92 Å². The number of amides is 2. The molecule has 2 aliphatic rings. The van der Waals surface area contributed by atoms with Crippen LogP contribution in [-0.4, -0.2) is 44.2 Å². The van der Waals surface area contributed by atoms with Crippen LogP contribution in [0.3, 0.4) is 0 Å². The highest BCUT2D eigenvalue weighted by molar-refractivity contribution is 5.93. The van der Waals surface area contributed by atoms with Crippen LogP contribution < -0.4 is 31.9 Å². The molecule has 2 aliphatic heterocycles. The molecule has 4 unspecified atom stereocenters. The van der Waals surface area contributed by atoms with Crippen molar-refractivity contribution in [2.75, 3.05) is 25.0 Å². The van der Waals surface area contributed by atoms with Gasteiger partial charge in [-0.05, 0) is 68.1 Å². The van der Waals surface area contributed by atoms with Crippen LogP contribution >= 0.6 is 0 Å². The van der Waals surface area contributed by atoms with E-state index in [1.807, 2.05) is 36.4 Å². The van der Waals surface area contributed by atoms with E-state index in [4.69, 9.17) is 0 Å². The van der Waals surface area contributed by atoms with Gasteiger partial charge in [-0.1, -0.05) is 30.3 Å². The lowest BCUT2D eigenvalue weighted by molar-refractivity contribution is 0.187. The second-order valence-corrected chi connectivity index (χ2v) is 8.24. The Balaban J connectivity index is 1.28. The largest absolute Gasteiger partial charge is 0.321 e. The summed E-state index contributed by atoms with van der Waals surface area (Å²) in [7, 11) is 0. The molecule has 4 rings (SSSR count). The fraction of sp³-hybridized carbons (Fsp3) is 0.500. The van der Waals surface area contributed by atoms with Crippen molar-refractivity contribution in [2.45, 2.75) is 44.7 Å². The maximum atomic E-state index is 12.5. The second kappa shape index (κ2) is 9.54. The summed E-state index contributed by atoms with van der Waals surface area (Å²) in [6.07, 6.45) is 3.41. The standard InChI is InChI=1S/C22H32N6O/c1-15-11-20(24-14-16-5-4-10-23-13-16)27-21(25-15)28-22(29)26-19-9-8-17-6-2-3-7-18(17)12-19/h2-3,6-9,12,15-16,20-21,23-25,27H,4-5,10-11,13-14H2,1H3,(H2,26,28,29). The summed E-state index contributed by atoms with van der Waals surface area (Å²) < 4.78 is 0.